The van der Waals surface area contributed by atoms with Gasteiger partial charge in [0, 0.05) is 13.1 Å². The van der Waals surface area contributed by atoms with Crippen molar-refractivity contribution in [3.63, 3.8) is 0 Å². The molecule has 1 rings (SSSR count). The van der Waals surface area contributed by atoms with Gasteiger partial charge in [-0.05, 0) is 37.8 Å². The molecule has 1 aliphatic rings. The molecule has 1 saturated carbocycles. The van der Waals surface area contributed by atoms with Gasteiger partial charge in [-0.1, -0.05) is 20.3 Å². The van der Waals surface area contributed by atoms with Crippen LogP contribution in [-0.2, 0) is 4.79 Å². The van der Waals surface area contributed by atoms with Gasteiger partial charge in [0.25, 0.3) is 0 Å². The van der Waals surface area contributed by atoms with Crippen LogP contribution in [0.5, 0.6) is 0 Å². The fraction of sp³-hybridized carbons (Fsp3) is 0.923. The third-order valence-electron chi connectivity index (χ3n) is 4.02. The van der Waals surface area contributed by atoms with Crippen LogP contribution in [0.15, 0.2) is 0 Å². The fourth-order valence-electron chi connectivity index (χ4n) is 2.86. The van der Waals surface area contributed by atoms with E-state index in [1.165, 1.54) is 19.3 Å². The van der Waals surface area contributed by atoms with Crippen LogP contribution < -0.4 is 11.1 Å². The summed E-state index contributed by atoms with van der Waals surface area (Å²) in [5.74, 6) is 1.40. The van der Waals surface area contributed by atoms with Gasteiger partial charge in [0.2, 0.25) is 5.91 Å². The van der Waals surface area contributed by atoms with Gasteiger partial charge in [0.1, 0.15) is 0 Å². The molecule has 0 aromatic carbocycles. The first-order chi connectivity index (χ1) is 8.12. The summed E-state index contributed by atoms with van der Waals surface area (Å²) in [7, 11) is 1.69. The van der Waals surface area contributed by atoms with Gasteiger partial charge in [0.15, 0.2) is 0 Å². The molecular weight excluding hydrogens is 214 g/mol. The molecule has 0 aliphatic heterocycles. The number of likely N-dealkylation sites (N-methyl/N-ethyl adjacent to an activating group) is 2. The first kappa shape index (κ1) is 14.5. The second kappa shape index (κ2) is 6.97. The molecule has 3 atom stereocenters. The highest BCUT2D eigenvalue weighted by Crippen LogP contribution is 2.31. The molecule has 1 fully saturated rings. The lowest BCUT2D eigenvalue weighted by Gasteiger charge is -2.41. The van der Waals surface area contributed by atoms with Crippen LogP contribution in [0.2, 0.25) is 0 Å². The molecule has 0 heterocycles. The van der Waals surface area contributed by atoms with Crippen LogP contribution in [-0.4, -0.2) is 43.5 Å². The van der Waals surface area contributed by atoms with Crippen LogP contribution >= 0.6 is 0 Å². The molecular formula is C13H27N3O. The maximum Gasteiger partial charge on any atom is 0.233 e. The highest BCUT2D eigenvalue weighted by molar-refractivity contribution is 5.77. The molecule has 17 heavy (non-hydrogen) atoms. The summed E-state index contributed by atoms with van der Waals surface area (Å²) in [4.78, 5) is 13.8. The van der Waals surface area contributed by atoms with E-state index in [1.54, 1.807) is 7.05 Å². The molecule has 4 nitrogen and oxygen atoms in total. The minimum atomic E-state index is 0.0980. The fourth-order valence-corrected chi connectivity index (χ4v) is 2.86. The van der Waals surface area contributed by atoms with Gasteiger partial charge in [0.05, 0.1) is 6.54 Å². The van der Waals surface area contributed by atoms with Gasteiger partial charge in [-0.2, -0.15) is 0 Å². The van der Waals surface area contributed by atoms with E-state index in [9.17, 15) is 4.79 Å². The second-order valence-corrected chi connectivity index (χ2v) is 5.22. The monoisotopic (exact) mass is 241 g/mol. The van der Waals surface area contributed by atoms with Crippen molar-refractivity contribution in [1.82, 2.24) is 10.2 Å². The lowest BCUT2D eigenvalue weighted by molar-refractivity contribution is -0.122. The third kappa shape index (κ3) is 3.96. The summed E-state index contributed by atoms with van der Waals surface area (Å²) in [5, 5.41) is 2.70. The average molecular weight is 241 g/mol. The van der Waals surface area contributed by atoms with E-state index < -0.39 is 0 Å². The first-order valence-corrected chi connectivity index (χ1v) is 6.77. The molecule has 1 aliphatic carbocycles. The highest BCUT2D eigenvalue weighted by Gasteiger charge is 2.32. The van der Waals surface area contributed by atoms with Crippen molar-refractivity contribution in [2.75, 3.05) is 26.7 Å². The van der Waals surface area contributed by atoms with Gasteiger partial charge < -0.3 is 11.1 Å². The van der Waals surface area contributed by atoms with Crippen LogP contribution in [0.3, 0.4) is 0 Å². The Morgan fingerprint density at radius 3 is 2.71 bits per heavy atom. The van der Waals surface area contributed by atoms with Gasteiger partial charge in [-0.15, -0.1) is 0 Å². The van der Waals surface area contributed by atoms with Crippen LogP contribution in [0.1, 0.15) is 33.1 Å². The van der Waals surface area contributed by atoms with Gasteiger partial charge in [-0.25, -0.2) is 0 Å². The van der Waals surface area contributed by atoms with E-state index in [2.05, 4.69) is 24.1 Å². The quantitative estimate of drug-likeness (QED) is 0.749. The third-order valence-corrected chi connectivity index (χ3v) is 4.02. The molecule has 100 valence electrons. The molecule has 0 saturated heterocycles. The van der Waals surface area contributed by atoms with Gasteiger partial charge in [-0.3, -0.25) is 9.69 Å². The summed E-state index contributed by atoms with van der Waals surface area (Å²) in [6.07, 6.45) is 3.65. The van der Waals surface area contributed by atoms with Crippen molar-refractivity contribution in [3.8, 4) is 0 Å². The van der Waals surface area contributed by atoms with E-state index >= 15 is 0 Å². The summed E-state index contributed by atoms with van der Waals surface area (Å²) in [6.45, 7) is 6.58. The van der Waals surface area contributed by atoms with Crippen molar-refractivity contribution in [3.05, 3.63) is 0 Å². The Labute approximate surface area is 105 Å². The van der Waals surface area contributed by atoms with Crippen molar-refractivity contribution < 1.29 is 4.79 Å². The SMILES string of the molecule is CCN(CC(=O)NC)C1CC(C)CCC1CN. The van der Waals surface area contributed by atoms with Crippen molar-refractivity contribution in [1.29, 1.82) is 0 Å². The Kier molecular flexibility index (Phi) is 5.92. The zero-order chi connectivity index (χ0) is 12.8. The summed E-state index contributed by atoms with van der Waals surface area (Å²) >= 11 is 0. The number of hydrogen-bond donors (Lipinski definition) is 2. The van der Waals surface area contributed by atoms with Gasteiger partial charge >= 0.3 is 0 Å². The molecule has 3 N–H and O–H groups in total. The van der Waals surface area contributed by atoms with Crippen molar-refractivity contribution in [2.45, 2.75) is 39.2 Å². The molecule has 0 bridgehead atoms. The number of carbonyl (C=O) groups is 1. The molecule has 3 unspecified atom stereocenters. The number of amides is 1. The van der Waals surface area contributed by atoms with E-state index in [0.29, 0.717) is 18.5 Å². The molecule has 4 heteroatoms. The van der Waals surface area contributed by atoms with Crippen LogP contribution in [0.4, 0.5) is 0 Å². The topological polar surface area (TPSA) is 58.4 Å². The maximum atomic E-state index is 11.5. The van der Waals surface area contributed by atoms with Crippen molar-refractivity contribution in [2.24, 2.45) is 17.6 Å². The largest absolute Gasteiger partial charge is 0.358 e. The second-order valence-electron chi connectivity index (χ2n) is 5.22. The molecule has 1 amide bonds. The minimum Gasteiger partial charge on any atom is -0.358 e. The summed E-state index contributed by atoms with van der Waals surface area (Å²) in [6, 6.07) is 0.478. The summed E-state index contributed by atoms with van der Waals surface area (Å²) in [5.41, 5.74) is 5.87. The number of nitrogens with two attached hydrogens (primary N) is 1. The number of nitrogens with zero attached hydrogens (tertiary/aromatic N) is 1. The molecule has 0 spiro atoms. The maximum absolute atomic E-state index is 11.5. The number of nitrogens with one attached hydrogen (secondary N) is 1. The first-order valence-electron chi connectivity index (χ1n) is 6.77. The van der Waals surface area contributed by atoms with E-state index in [4.69, 9.17) is 5.73 Å². The Morgan fingerprint density at radius 1 is 1.47 bits per heavy atom. The Balaban J connectivity index is 2.65. The average Bonchev–Trinajstić information content (AvgIpc) is 2.35. The van der Waals surface area contributed by atoms with Crippen LogP contribution in [0, 0.1) is 11.8 Å². The standard InChI is InChI=1S/C13H27N3O/c1-4-16(9-13(17)15-3)12-7-10(2)5-6-11(12)8-14/h10-12H,4-9,14H2,1-3H3,(H,15,17). The normalized spacial score (nSPS) is 29.4. The minimum absolute atomic E-state index is 0.0980. The van der Waals surface area contributed by atoms with E-state index in [1.807, 2.05) is 0 Å². The Bertz CT molecular complexity index is 245. The molecule has 0 aromatic rings. The molecule has 0 radical (unpaired) electrons. The smallest absolute Gasteiger partial charge is 0.233 e. The zero-order valence-electron chi connectivity index (χ0n) is 11.4. The lowest BCUT2D eigenvalue weighted by Crippen LogP contribution is -2.49. The highest BCUT2D eigenvalue weighted by atomic mass is 16.1. The lowest BCUT2D eigenvalue weighted by atomic mass is 9.78. The zero-order valence-corrected chi connectivity index (χ0v) is 11.4. The number of carbonyl (C=O) groups excluding carboxylic acids is 1. The molecule has 0 aromatic heterocycles. The van der Waals surface area contributed by atoms with Crippen LogP contribution in [0.25, 0.3) is 0 Å². The van der Waals surface area contributed by atoms with E-state index in [-0.39, 0.29) is 5.91 Å². The predicted molar refractivity (Wildman–Crippen MR) is 70.7 cm³/mol. The van der Waals surface area contributed by atoms with E-state index in [0.717, 1.165) is 19.0 Å². The number of rotatable bonds is 5. The predicted octanol–water partition coefficient (Wildman–Crippen LogP) is 0.818. The Morgan fingerprint density at radius 2 is 2.18 bits per heavy atom. The Hall–Kier alpha value is -0.610. The number of hydrogen-bond acceptors (Lipinski definition) is 3. The summed E-state index contributed by atoms with van der Waals surface area (Å²) < 4.78 is 0. The van der Waals surface area contributed by atoms with Crippen molar-refractivity contribution >= 4 is 5.91 Å².